The lowest BCUT2D eigenvalue weighted by molar-refractivity contribution is -0.136. The van der Waals surface area contributed by atoms with Crippen LogP contribution in [0.4, 0.5) is 0 Å². The van der Waals surface area contributed by atoms with Gasteiger partial charge in [-0.25, -0.2) is 4.98 Å². The molecule has 2 aliphatic rings. The van der Waals surface area contributed by atoms with Gasteiger partial charge in [-0.1, -0.05) is 32.0 Å². The topological polar surface area (TPSA) is 42.4 Å². The number of benzene rings is 1. The molecule has 2 bridgehead atoms. The Labute approximate surface area is 171 Å². The monoisotopic (exact) mass is 396 g/mol. The number of aromatic nitrogens is 1. The number of rotatable bonds is 6. The molecule has 2 aromatic rings. The van der Waals surface area contributed by atoms with E-state index in [-0.39, 0.29) is 12.0 Å². The van der Waals surface area contributed by atoms with Crippen molar-refractivity contribution in [3.8, 4) is 5.88 Å². The second-order valence-corrected chi connectivity index (χ2v) is 9.70. The number of hydrogen-bond acceptors (Lipinski definition) is 4. The zero-order valence-corrected chi connectivity index (χ0v) is 17.4. The van der Waals surface area contributed by atoms with E-state index >= 15 is 0 Å². The Balaban J connectivity index is 1.35. The van der Waals surface area contributed by atoms with Crippen LogP contribution in [0.1, 0.15) is 45.1 Å². The van der Waals surface area contributed by atoms with E-state index in [1.165, 1.54) is 4.90 Å². The maximum atomic E-state index is 13.0. The Morgan fingerprint density at radius 1 is 1.14 bits per heavy atom. The first kappa shape index (κ1) is 19.3. The minimum atomic E-state index is 0.156. The second-order valence-electron chi connectivity index (χ2n) is 8.05. The molecule has 0 N–H and O–H groups in total. The molecule has 2 saturated heterocycles. The van der Waals surface area contributed by atoms with Crippen LogP contribution in [0, 0.1) is 0 Å². The highest BCUT2D eigenvalue weighted by Gasteiger charge is 2.43. The molecule has 0 spiro atoms. The highest BCUT2D eigenvalue weighted by molar-refractivity contribution is 7.99. The first-order valence-corrected chi connectivity index (χ1v) is 11.1. The van der Waals surface area contributed by atoms with Gasteiger partial charge in [0, 0.05) is 47.3 Å². The largest absolute Gasteiger partial charge is 0.474 e. The molecule has 0 aliphatic carbocycles. The predicted molar refractivity (Wildman–Crippen MR) is 113 cm³/mol. The summed E-state index contributed by atoms with van der Waals surface area (Å²) >= 11 is 1.85. The molecule has 2 atom stereocenters. The van der Waals surface area contributed by atoms with Crippen molar-refractivity contribution in [2.45, 2.75) is 74.3 Å². The molecule has 1 amide bonds. The van der Waals surface area contributed by atoms with E-state index in [2.05, 4.69) is 48.0 Å². The minimum absolute atomic E-state index is 0.156. The van der Waals surface area contributed by atoms with Gasteiger partial charge in [-0.2, -0.15) is 0 Å². The van der Waals surface area contributed by atoms with Crippen LogP contribution in [0.5, 0.6) is 5.88 Å². The summed E-state index contributed by atoms with van der Waals surface area (Å²) in [4.78, 5) is 20.7. The van der Waals surface area contributed by atoms with E-state index in [0.717, 1.165) is 31.2 Å². The van der Waals surface area contributed by atoms with Crippen molar-refractivity contribution >= 4 is 17.7 Å². The molecule has 4 rings (SSSR count). The Hall–Kier alpha value is -2.01. The van der Waals surface area contributed by atoms with E-state index in [0.29, 0.717) is 29.6 Å². The van der Waals surface area contributed by atoms with Crippen molar-refractivity contribution in [1.82, 2.24) is 9.88 Å². The fourth-order valence-electron chi connectivity index (χ4n) is 4.44. The molecule has 0 saturated carbocycles. The maximum Gasteiger partial charge on any atom is 0.227 e. The number of ether oxygens (including phenoxy) is 1. The first-order chi connectivity index (χ1) is 13.6. The van der Waals surface area contributed by atoms with E-state index in [1.54, 1.807) is 6.20 Å². The lowest BCUT2D eigenvalue weighted by atomic mass is 9.98. The zero-order valence-electron chi connectivity index (χ0n) is 16.6. The quantitative estimate of drug-likeness (QED) is 0.662. The summed E-state index contributed by atoms with van der Waals surface area (Å²) in [6.45, 7) is 4.39. The van der Waals surface area contributed by atoms with Crippen LogP contribution in [0.15, 0.2) is 53.6 Å². The normalized spacial score (nSPS) is 23.8. The number of fused-ring (bicyclic) bond motifs is 2. The fourth-order valence-corrected chi connectivity index (χ4v) is 5.28. The Bertz CT molecular complexity index is 780. The second kappa shape index (κ2) is 8.56. The number of carbonyl (C=O) groups is 1. The summed E-state index contributed by atoms with van der Waals surface area (Å²) in [7, 11) is 0. The van der Waals surface area contributed by atoms with Crippen molar-refractivity contribution in [1.29, 1.82) is 0 Å². The molecule has 1 aromatic carbocycles. The number of nitrogens with zero attached hydrogens (tertiary/aromatic N) is 2. The number of piperidine rings is 1. The van der Waals surface area contributed by atoms with Gasteiger partial charge < -0.3 is 9.64 Å². The lowest BCUT2D eigenvalue weighted by Gasteiger charge is -2.38. The van der Waals surface area contributed by atoms with Gasteiger partial charge >= 0.3 is 0 Å². The van der Waals surface area contributed by atoms with Crippen LogP contribution >= 0.6 is 11.8 Å². The van der Waals surface area contributed by atoms with Gasteiger partial charge in [-0.3, -0.25) is 4.79 Å². The molecule has 2 fully saturated rings. The SMILES string of the molecule is CC(C)Sc1ccc(CC(=O)N2C3CCC2CC(Oc2ccccn2)C3)cc1. The number of pyridine rings is 1. The van der Waals surface area contributed by atoms with Crippen molar-refractivity contribution < 1.29 is 9.53 Å². The van der Waals surface area contributed by atoms with Crippen LogP contribution < -0.4 is 4.74 Å². The van der Waals surface area contributed by atoms with Crippen LogP contribution in [-0.4, -0.2) is 39.2 Å². The maximum absolute atomic E-state index is 13.0. The van der Waals surface area contributed by atoms with Gasteiger partial charge in [-0.15, -0.1) is 11.8 Å². The Morgan fingerprint density at radius 2 is 1.86 bits per heavy atom. The molecule has 5 heteroatoms. The first-order valence-electron chi connectivity index (χ1n) is 10.2. The van der Waals surface area contributed by atoms with Gasteiger partial charge in [0.2, 0.25) is 11.8 Å². The average molecular weight is 397 g/mol. The Kier molecular flexibility index (Phi) is 5.90. The minimum Gasteiger partial charge on any atom is -0.474 e. The summed E-state index contributed by atoms with van der Waals surface area (Å²) in [6, 6.07) is 14.8. The summed E-state index contributed by atoms with van der Waals surface area (Å²) in [5, 5.41) is 0.567. The summed E-state index contributed by atoms with van der Waals surface area (Å²) in [5.41, 5.74) is 1.10. The van der Waals surface area contributed by atoms with E-state index in [9.17, 15) is 4.79 Å². The lowest BCUT2D eigenvalue weighted by Crippen LogP contribution is -2.49. The summed E-state index contributed by atoms with van der Waals surface area (Å²) in [6.07, 6.45) is 6.39. The molecule has 148 valence electrons. The number of hydrogen-bond donors (Lipinski definition) is 0. The molecule has 2 unspecified atom stereocenters. The fraction of sp³-hybridized carbons (Fsp3) is 0.478. The van der Waals surface area contributed by atoms with Crippen LogP contribution in [0.2, 0.25) is 0 Å². The van der Waals surface area contributed by atoms with Crippen molar-refractivity contribution in [3.05, 3.63) is 54.2 Å². The third-order valence-electron chi connectivity index (χ3n) is 5.55. The van der Waals surface area contributed by atoms with Crippen LogP contribution in [0.3, 0.4) is 0 Å². The molecular weight excluding hydrogens is 368 g/mol. The smallest absolute Gasteiger partial charge is 0.227 e. The standard InChI is InChI=1S/C23H28N2O2S/c1-16(2)28-21-10-6-17(7-11-21)13-23(26)25-18-8-9-19(25)15-20(14-18)27-22-5-3-4-12-24-22/h3-7,10-12,16,18-20H,8-9,13-15H2,1-2H3. The number of carbonyl (C=O) groups excluding carboxylic acids is 1. The Morgan fingerprint density at radius 3 is 2.46 bits per heavy atom. The summed E-state index contributed by atoms with van der Waals surface area (Å²) in [5.74, 6) is 0.944. The van der Waals surface area contributed by atoms with Gasteiger partial charge in [0.05, 0.1) is 6.42 Å². The molecule has 1 aromatic heterocycles. The number of thioether (sulfide) groups is 1. The van der Waals surface area contributed by atoms with Crippen LogP contribution in [-0.2, 0) is 11.2 Å². The van der Waals surface area contributed by atoms with Crippen molar-refractivity contribution in [2.75, 3.05) is 0 Å². The van der Waals surface area contributed by atoms with E-state index in [1.807, 2.05) is 30.0 Å². The van der Waals surface area contributed by atoms with Gasteiger partial charge in [-0.05, 0) is 36.6 Å². The summed E-state index contributed by atoms with van der Waals surface area (Å²) < 4.78 is 6.08. The molecule has 0 radical (unpaired) electrons. The molecule has 3 heterocycles. The third kappa shape index (κ3) is 4.52. The van der Waals surface area contributed by atoms with E-state index in [4.69, 9.17) is 4.74 Å². The highest BCUT2D eigenvalue weighted by Crippen LogP contribution is 2.37. The molecule has 4 nitrogen and oxygen atoms in total. The third-order valence-corrected chi connectivity index (χ3v) is 6.57. The highest BCUT2D eigenvalue weighted by atomic mass is 32.2. The van der Waals surface area contributed by atoms with Gasteiger partial charge in [0.15, 0.2) is 0 Å². The molecular formula is C23H28N2O2S. The average Bonchev–Trinajstić information content (AvgIpc) is 2.95. The van der Waals surface area contributed by atoms with E-state index < -0.39 is 0 Å². The number of amides is 1. The predicted octanol–water partition coefficient (Wildman–Crippen LogP) is 4.73. The van der Waals surface area contributed by atoms with Crippen molar-refractivity contribution in [3.63, 3.8) is 0 Å². The molecule has 28 heavy (non-hydrogen) atoms. The van der Waals surface area contributed by atoms with Crippen molar-refractivity contribution in [2.24, 2.45) is 0 Å². The van der Waals surface area contributed by atoms with Gasteiger partial charge in [0.25, 0.3) is 0 Å². The van der Waals surface area contributed by atoms with Crippen LogP contribution in [0.25, 0.3) is 0 Å². The van der Waals surface area contributed by atoms with Gasteiger partial charge in [0.1, 0.15) is 6.10 Å². The zero-order chi connectivity index (χ0) is 19.5. The molecule has 2 aliphatic heterocycles.